The summed E-state index contributed by atoms with van der Waals surface area (Å²) in [6.45, 7) is 2.53. The Bertz CT molecular complexity index is 1210. The molecule has 1 aromatic heterocycles. The average Bonchev–Trinajstić information content (AvgIpc) is 3.61. The Morgan fingerprint density at radius 1 is 1.14 bits per heavy atom. The van der Waals surface area contributed by atoms with Crippen LogP contribution in [-0.4, -0.2) is 34.2 Å². The quantitative estimate of drug-likeness (QED) is 0.489. The Balaban J connectivity index is 1.48. The second-order valence-electron chi connectivity index (χ2n) is 9.49. The van der Waals surface area contributed by atoms with Gasteiger partial charge in [0, 0.05) is 30.7 Å². The van der Waals surface area contributed by atoms with E-state index >= 15 is 0 Å². The topological polar surface area (TPSA) is 85.3 Å². The van der Waals surface area contributed by atoms with Gasteiger partial charge in [-0.3, -0.25) is 9.59 Å². The van der Waals surface area contributed by atoms with E-state index in [1.165, 1.54) is 18.4 Å². The predicted octanol–water partition coefficient (Wildman–Crippen LogP) is 4.89. The van der Waals surface area contributed by atoms with Gasteiger partial charge < -0.3 is 15.4 Å². The molecule has 2 aromatic carbocycles. The lowest BCUT2D eigenvalue weighted by Crippen LogP contribution is -2.24. The molecule has 7 nitrogen and oxygen atoms in total. The van der Waals surface area contributed by atoms with Gasteiger partial charge in [0.25, 0.3) is 0 Å². The first-order valence-electron chi connectivity index (χ1n) is 12.6. The van der Waals surface area contributed by atoms with Crippen LogP contribution >= 0.6 is 0 Å². The number of nitrogens with one attached hydrogen (secondary N) is 2. The first kappa shape index (κ1) is 23.1. The fraction of sp³-hybridized carbons (Fsp3) is 0.393. The smallest absolute Gasteiger partial charge is 0.230 e. The summed E-state index contributed by atoms with van der Waals surface area (Å²) in [7, 11) is 0. The van der Waals surface area contributed by atoms with E-state index in [1.807, 2.05) is 35.0 Å². The number of hydrogen-bond acceptors (Lipinski definition) is 4. The summed E-state index contributed by atoms with van der Waals surface area (Å²) in [6, 6.07) is 18.3. The van der Waals surface area contributed by atoms with E-state index in [1.54, 1.807) is 0 Å². The zero-order valence-electron chi connectivity index (χ0n) is 20.1. The van der Waals surface area contributed by atoms with Crippen molar-refractivity contribution < 1.29 is 14.3 Å². The van der Waals surface area contributed by atoms with Crippen LogP contribution in [0.2, 0.25) is 0 Å². The lowest BCUT2D eigenvalue weighted by molar-refractivity contribution is -0.123. The molecule has 2 fully saturated rings. The molecule has 0 radical (unpaired) electrons. The van der Waals surface area contributed by atoms with Crippen LogP contribution < -0.4 is 15.4 Å². The second-order valence-corrected chi connectivity index (χ2v) is 9.49. The zero-order valence-corrected chi connectivity index (χ0v) is 20.1. The van der Waals surface area contributed by atoms with Gasteiger partial charge in [0.1, 0.15) is 5.75 Å². The average molecular weight is 473 g/mol. The fourth-order valence-corrected chi connectivity index (χ4v) is 4.93. The summed E-state index contributed by atoms with van der Waals surface area (Å²) in [5.74, 6) is 0.622. The SMILES string of the molecule is CCCc1cccc(-c2cc(NC(=O)[C@@H]3CNC(=O)C3)nn2-c2cccc(OC3CCCC3)c2)c1. The normalized spacial score (nSPS) is 18.0. The Morgan fingerprint density at radius 3 is 2.74 bits per heavy atom. The maximum atomic E-state index is 12.8. The standard InChI is InChI=1S/C28H32N4O3/c1-2-7-19-8-5-9-20(14-19)25-17-26(30-28(34)21-15-27(33)29-18-21)31-32(25)22-10-6-13-24(16-22)35-23-11-3-4-12-23/h5-6,8-10,13-14,16-17,21,23H,2-4,7,11-12,15,18H2,1H3,(H,29,33)(H,30,31,34)/t21-/m0/s1. The predicted molar refractivity (Wildman–Crippen MR) is 136 cm³/mol. The van der Waals surface area contributed by atoms with Gasteiger partial charge in [-0.25, -0.2) is 4.68 Å². The molecule has 2 N–H and O–H groups in total. The number of carbonyl (C=O) groups is 2. The van der Waals surface area contributed by atoms with Crippen molar-refractivity contribution >= 4 is 17.6 Å². The molecular weight excluding hydrogens is 440 g/mol. The van der Waals surface area contributed by atoms with Gasteiger partial charge in [0.2, 0.25) is 11.8 Å². The van der Waals surface area contributed by atoms with Crippen molar-refractivity contribution in [2.75, 3.05) is 11.9 Å². The lowest BCUT2D eigenvalue weighted by Gasteiger charge is -2.15. The number of aromatic nitrogens is 2. The molecule has 3 aromatic rings. The van der Waals surface area contributed by atoms with E-state index in [9.17, 15) is 9.59 Å². The number of anilines is 1. The Labute approximate surface area is 205 Å². The molecule has 2 amide bonds. The molecule has 0 spiro atoms. The zero-order chi connectivity index (χ0) is 24.2. The first-order valence-corrected chi connectivity index (χ1v) is 12.6. The monoisotopic (exact) mass is 472 g/mol. The van der Waals surface area contributed by atoms with E-state index in [0.29, 0.717) is 12.4 Å². The van der Waals surface area contributed by atoms with Crippen LogP contribution in [0.4, 0.5) is 5.82 Å². The summed E-state index contributed by atoms with van der Waals surface area (Å²) in [5.41, 5.74) is 4.05. The summed E-state index contributed by atoms with van der Waals surface area (Å²) in [5, 5.41) is 10.4. The molecule has 1 aliphatic heterocycles. The van der Waals surface area contributed by atoms with Gasteiger partial charge in [-0.1, -0.05) is 37.6 Å². The maximum absolute atomic E-state index is 12.8. The molecular formula is C28H32N4O3. The third-order valence-electron chi connectivity index (χ3n) is 6.74. The van der Waals surface area contributed by atoms with E-state index < -0.39 is 0 Å². The summed E-state index contributed by atoms with van der Waals surface area (Å²) >= 11 is 0. The third kappa shape index (κ3) is 5.39. The highest BCUT2D eigenvalue weighted by Gasteiger charge is 2.28. The highest BCUT2D eigenvalue weighted by atomic mass is 16.5. The highest BCUT2D eigenvalue weighted by molar-refractivity contribution is 5.97. The fourth-order valence-electron chi connectivity index (χ4n) is 4.93. The number of rotatable bonds is 8. The summed E-state index contributed by atoms with van der Waals surface area (Å²) < 4.78 is 8.09. The van der Waals surface area contributed by atoms with Gasteiger partial charge in [-0.2, -0.15) is 0 Å². The minimum atomic E-state index is -0.382. The molecule has 1 saturated carbocycles. The van der Waals surface area contributed by atoms with E-state index in [4.69, 9.17) is 9.84 Å². The molecule has 7 heteroatoms. The van der Waals surface area contributed by atoms with Gasteiger partial charge in [-0.05, 0) is 55.9 Å². The van der Waals surface area contributed by atoms with Crippen LogP contribution in [0.3, 0.4) is 0 Å². The molecule has 5 rings (SSSR count). The molecule has 0 unspecified atom stereocenters. The largest absolute Gasteiger partial charge is 0.490 e. The highest BCUT2D eigenvalue weighted by Crippen LogP contribution is 2.30. The Morgan fingerprint density at radius 2 is 1.97 bits per heavy atom. The molecule has 35 heavy (non-hydrogen) atoms. The van der Waals surface area contributed by atoms with Gasteiger partial charge >= 0.3 is 0 Å². The van der Waals surface area contributed by atoms with Crippen molar-refractivity contribution in [1.29, 1.82) is 0 Å². The number of ether oxygens (including phenoxy) is 1. The number of benzene rings is 2. The molecule has 182 valence electrons. The number of carbonyl (C=O) groups excluding carboxylic acids is 2. The van der Waals surface area contributed by atoms with Crippen LogP contribution in [-0.2, 0) is 16.0 Å². The van der Waals surface area contributed by atoms with Crippen molar-refractivity contribution in [1.82, 2.24) is 15.1 Å². The Kier molecular flexibility index (Phi) is 6.84. The van der Waals surface area contributed by atoms with Gasteiger partial charge in [0.05, 0.1) is 23.4 Å². The molecule has 1 aliphatic carbocycles. The van der Waals surface area contributed by atoms with Crippen molar-refractivity contribution in [3.05, 3.63) is 60.2 Å². The maximum Gasteiger partial charge on any atom is 0.230 e. The van der Waals surface area contributed by atoms with Crippen LogP contribution in [0.15, 0.2) is 54.6 Å². The van der Waals surface area contributed by atoms with Gasteiger partial charge in [-0.15, -0.1) is 5.10 Å². The minimum Gasteiger partial charge on any atom is -0.490 e. The Hall–Kier alpha value is -3.61. The van der Waals surface area contributed by atoms with Crippen molar-refractivity contribution in [2.45, 2.75) is 58.0 Å². The van der Waals surface area contributed by atoms with Crippen LogP contribution in [0, 0.1) is 5.92 Å². The molecule has 0 bridgehead atoms. The molecule has 2 aliphatic rings. The van der Waals surface area contributed by atoms with Crippen LogP contribution in [0.5, 0.6) is 5.75 Å². The first-order chi connectivity index (χ1) is 17.1. The van der Waals surface area contributed by atoms with Crippen molar-refractivity contribution in [2.24, 2.45) is 5.92 Å². The summed E-state index contributed by atoms with van der Waals surface area (Å²) in [6.07, 6.45) is 7.16. The molecule has 2 heterocycles. The van der Waals surface area contributed by atoms with Crippen LogP contribution in [0.25, 0.3) is 16.9 Å². The van der Waals surface area contributed by atoms with Crippen molar-refractivity contribution in [3.63, 3.8) is 0 Å². The lowest BCUT2D eigenvalue weighted by atomic mass is 10.0. The van der Waals surface area contributed by atoms with Gasteiger partial charge in [0.15, 0.2) is 5.82 Å². The minimum absolute atomic E-state index is 0.0943. The third-order valence-corrected chi connectivity index (χ3v) is 6.74. The number of nitrogens with zero attached hydrogens (tertiary/aromatic N) is 2. The van der Waals surface area contributed by atoms with E-state index in [0.717, 1.165) is 48.4 Å². The number of aryl methyl sites for hydroxylation is 1. The molecule has 1 atom stereocenters. The number of hydrogen-bond donors (Lipinski definition) is 2. The second kappa shape index (κ2) is 10.3. The number of amides is 2. The molecule has 1 saturated heterocycles. The van der Waals surface area contributed by atoms with E-state index in [2.05, 4.69) is 41.8 Å². The van der Waals surface area contributed by atoms with Crippen molar-refractivity contribution in [3.8, 4) is 22.7 Å². The van der Waals surface area contributed by atoms with Crippen LogP contribution in [0.1, 0.15) is 51.0 Å². The van der Waals surface area contributed by atoms with E-state index in [-0.39, 0.29) is 30.3 Å². The summed E-state index contributed by atoms with van der Waals surface area (Å²) in [4.78, 5) is 24.3.